The molecule has 0 bridgehead atoms. The molecule has 2 aromatic carbocycles. The second-order valence-corrected chi connectivity index (χ2v) is 6.91. The predicted molar refractivity (Wildman–Crippen MR) is 122 cm³/mol. The minimum Gasteiger partial charge on any atom is -0.355 e. The molecule has 0 aliphatic carbocycles. The third-order valence-electron chi connectivity index (χ3n) is 4.92. The Morgan fingerprint density at radius 2 is 1.07 bits per heavy atom. The summed E-state index contributed by atoms with van der Waals surface area (Å²) in [6.45, 7) is 0. The van der Waals surface area contributed by atoms with Crippen LogP contribution in [0.15, 0.2) is 85.2 Å². The summed E-state index contributed by atoms with van der Waals surface area (Å²) in [5.74, 6) is 0. The van der Waals surface area contributed by atoms with E-state index in [2.05, 4.69) is 63.5 Å². The van der Waals surface area contributed by atoms with E-state index in [1.165, 1.54) is 10.8 Å². The van der Waals surface area contributed by atoms with Gasteiger partial charge in [0.1, 0.15) is 0 Å². The first-order chi connectivity index (χ1) is 14.3. The van der Waals surface area contributed by atoms with Crippen LogP contribution in [0.25, 0.3) is 46.1 Å². The minimum atomic E-state index is 0.952. The summed E-state index contributed by atoms with van der Waals surface area (Å²) in [5.41, 5.74) is 6.49. The molecule has 3 heteroatoms. The maximum Gasteiger partial charge on any atom is 0.0629 e. The Morgan fingerprint density at radius 1 is 0.552 bits per heavy atom. The van der Waals surface area contributed by atoms with E-state index in [9.17, 15) is 0 Å². The summed E-state index contributed by atoms with van der Waals surface area (Å²) in [6.07, 6.45) is 11.9. The molecule has 0 spiro atoms. The van der Waals surface area contributed by atoms with Gasteiger partial charge < -0.3 is 4.98 Å². The monoisotopic (exact) mass is 373 g/mol. The van der Waals surface area contributed by atoms with Gasteiger partial charge in [0.05, 0.1) is 11.4 Å². The lowest BCUT2D eigenvalue weighted by atomic mass is 10.1. The number of nitrogens with one attached hydrogen (secondary N) is 1. The number of rotatable bonds is 4. The topological polar surface area (TPSA) is 41.6 Å². The molecule has 0 aliphatic rings. The van der Waals surface area contributed by atoms with Crippen molar-refractivity contribution in [2.75, 3.05) is 0 Å². The first kappa shape index (κ1) is 17.1. The highest BCUT2D eigenvalue weighted by molar-refractivity contribution is 6.08. The van der Waals surface area contributed by atoms with Gasteiger partial charge in [0.15, 0.2) is 0 Å². The summed E-state index contributed by atoms with van der Waals surface area (Å²) >= 11 is 0. The number of nitrogens with zero attached hydrogens (tertiary/aromatic N) is 2. The van der Waals surface area contributed by atoms with Crippen molar-refractivity contribution in [3.05, 3.63) is 108 Å². The van der Waals surface area contributed by atoms with E-state index < -0.39 is 0 Å². The maximum absolute atomic E-state index is 4.35. The van der Waals surface area contributed by atoms with Crippen molar-refractivity contribution in [1.82, 2.24) is 15.0 Å². The van der Waals surface area contributed by atoms with Crippen LogP contribution in [0.2, 0.25) is 0 Å². The Labute approximate surface area is 169 Å². The molecule has 0 fully saturated rings. The highest BCUT2D eigenvalue weighted by Gasteiger charge is 2.05. The van der Waals surface area contributed by atoms with Gasteiger partial charge in [0, 0.05) is 34.2 Å². The Morgan fingerprint density at radius 3 is 1.52 bits per heavy atom. The first-order valence-corrected chi connectivity index (χ1v) is 9.59. The number of aromatic nitrogens is 3. The van der Waals surface area contributed by atoms with E-state index in [-0.39, 0.29) is 0 Å². The molecule has 0 amide bonds. The van der Waals surface area contributed by atoms with Gasteiger partial charge in [0.25, 0.3) is 0 Å². The van der Waals surface area contributed by atoms with Crippen molar-refractivity contribution in [3.8, 4) is 0 Å². The molecule has 3 aromatic heterocycles. The molecular weight excluding hydrogens is 354 g/mol. The zero-order valence-electron chi connectivity index (χ0n) is 15.8. The van der Waals surface area contributed by atoms with Crippen molar-refractivity contribution >= 4 is 46.1 Å². The molecule has 0 saturated heterocycles. The maximum atomic E-state index is 4.35. The summed E-state index contributed by atoms with van der Waals surface area (Å²) in [4.78, 5) is 12.2. The number of hydrogen-bond acceptors (Lipinski definition) is 2. The molecule has 3 nitrogen and oxygen atoms in total. The molecular formula is C26H19N3. The smallest absolute Gasteiger partial charge is 0.0629 e. The molecule has 0 unspecified atom stereocenters. The van der Waals surface area contributed by atoms with Crippen molar-refractivity contribution < 1.29 is 0 Å². The first-order valence-electron chi connectivity index (χ1n) is 9.59. The highest BCUT2D eigenvalue weighted by Crippen LogP contribution is 2.28. The number of H-pyrrole nitrogens is 1. The van der Waals surface area contributed by atoms with Gasteiger partial charge in [-0.1, -0.05) is 36.4 Å². The van der Waals surface area contributed by atoms with Crippen LogP contribution in [0.1, 0.15) is 22.5 Å². The summed E-state index contributed by atoms with van der Waals surface area (Å²) < 4.78 is 0. The van der Waals surface area contributed by atoms with E-state index >= 15 is 0 Å². The fraction of sp³-hybridized carbons (Fsp3) is 0. The molecule has 29 heavy (non-hydrogen) atoms. The second kappa shape index (κ2) is 7.56. The number of hydrogen-bond donors (Lipinski definition) is 1. The van der Waals surface area contributed by atoms with Gasteiger partial charge in [-0.15, -0.1) is 0 Å². The van der Waals surface area contributed by atoms with Crippen LogP contribution >= 0.6 is 0 Å². The lowest BCUT2D eigenvalue weighted by Crippen LogP contribution is -1.78. The van der Waals surface area contributed by atoms with E-state index in [0.717, 1.165) is 33.5 Å². The molecule has 0 radical (unpaired) electrons. The summed E-state index contributed by atoms with van der Waals surface area (Å²) in [5, 5.41) is 2.44. The van der Waals surface area contributed by atoms with Crippen molar-refractivity contribution in [2.24, 2.45) is 0 Å². The van der Waals surface area contributed by atoms with Gasteiger partial charge in [0.2, 0.25) is 0 Å². The molecule has 3 heterocycles. The van der Waals surface area contributed by atoms with Gasteiger partial charge in [-0.05, 0) is 71.8 Å². The fourth-order valence-electron chi connectivity index (χ4n) is 3.45. The Kier molecular flexibility index (Phi) is 4.47. The quantitative estimate of drug-likeness (QED) is 0.393. The molecule has 0 atom stereocenters. The summed E-state index contributed by atoms with van der Waals surface area (Å²) in [6, 6.07) is 24.8. The number of fused-ring (bicyclic) bond motifs is 3. The van der Waals surface area contributed by atoms with Gasteiger partial charge in [-0.3, -0.25) is 9.97 Å². The SMILES string of the molecule is C(=Cc1ccccn1)c1ccc2[nH]c3ccc(C=Cc4ccccn4)cc3c2c1. The normalized spacial score (nSPS) is 11.9. The van der Waals surface area contributed by atoms with Crippen LogP contribution in [-0.4, -0.2) is 15.0 Å². The fourth-order valence-corrected chi connectivity index (χ4v) is 3.45. The van der Waals surface area contributed by atoms with Crippen LogP contribution in [0.4, 0.5) is 0 Å². The standard InChI is InChI=1S/C26H19N3/c1-3-15-27-21(5-1)11-7-19-9-13-25-23(17-19)24-18-20(10-14-26(24)29-25)8-12-22-6-2-4-16-28-22/h1-18,29H. The Balaban J connectivity index is 1.51. The van der Waals surface area contributed by atoms with Crippen LogP contribution in [-0.2, 0) is 0 Å². The number of aromatic amines is 1. The Hall–Kier alpha value is -3.98. The molecule has 1 N–H and O–H groups in total. The average Bonchev–Trinajstić information content (AvgIpc) is 3.15. The molecule has 138 valence electrons. The van der Waals surface area contributed by atoms with E-state index in [1.807, 2.05) is 60.9 Å². The van der Waals surface area contributed by atoms with E-state index in [4.69, 9.17) is 0 Å². The number of benzene rings is 2. The largest absolute Gasteiger partial charge is 0.355 e. The summed E-state index contributed by atoms with van der Waals surface area (Å²) in [7, 11) is 0. The van der Waals surface area contributed by atoms with Crippen LogP contribution in [0.3, 0.4) is 0 Å². The van der Waals surface area contributed by atoms with Crippen LogP contribution in [0.5, 0.6) is 0 Å². The average molecular weight is 373 g/mol. The predicted octanol–water partition coefficient (Wildman–Crippen LogP) is 6.45. The molecule has 0 aliphatic heterocycles. The van der Waals surface area contributed by atoms with Crippen molar-refractivity contribution in [2.45, 2.75) is 0 Å². The molecule has 5 aromatic rings. The Bertz CT molecular complexity index is 1230. The van der Waals surface area contributed by atoms with E-state index in [0.29, 0.717) is 0 Å². The third kappa shape index (κ3) is 3.71. The van der Waals surface area contributed by atoms with Crippen molar-refractivity contribution in [1.29, 1.82) is 0 Å². The second-order valence-electron chi connectivity index (χ2n) is 6.91. The lowest BCUT2D eigenvalue weighted by molar-refractivity contribution is 1.30. The lowest BCUT2D eigenvalue weighted by Gasteiger charge is -1.98. The minimum absolute atomic E-state index is 0.952. The molecule has 0 saturated carbocycles. The van der Waals surface area contributed by atoms with Crippen molar-refractivity contribution in [3.63, 3.8) is 0 Å². The zero-order chi connectivity index (χ0) is 19.5. The third-order valence-corrected chi connectivity index (χ3v) is 4.92. The van der Waals surface area contributed by atoms with Gasteiger partial charge in [-0.2, -0.15) is 0 Å². The van der Waals surface area contributed by atoms with Crippen LogP contribution in [0, 0.1) is 0 Å². The van der Waals surface area contributed by atoms with Gasteiger partial charge in [-0.25, -0.2) is 0 Å². The number of pyridine rings is 2. The zero-order valence-corrected chi connectivity index (χ0v) is 15.8. The highest BCUT2D eigenvalue weighted by atomic mass is 14.7. The van der Waals surface area contributed by atoms with Crippen LogP contribution < -0.4 is 0 Å². The van der Waals surface area contributed by atoms with Gasteiger partial charge >= 0.3 is 0 Å². The van der Waals surface area contributed by atoms with E-state index in [1.54, 1.807) is 0 Å². The molecule has 5 rings (SSSR count).